The second-order valence-electron chi connectivity index (χ2n) is 9.30. The molecule has 0 saturated heterocycles. The van der Waals surface area contributed by atoms with Crippen molar-refractivity contribution in [2.45, 2.75) is 32.4 Å². The van der Waals surface area contributed by atoms with Crippen molar-refractivity contribution in [2.24, 2.45) is 34.3 Å². The van der Waals surface area contributed by atoms with Gasteiger partial charge in [-0.05, 0) is 67.0 Å². The minimum Gasteiger partial charge on any atom is -0.481 e. The number of hydrogen-bond donors (Lipinski definition) is 2. The summed E-state index contributed by atoms with van der Waals surface area (Å²) in [5.74, 6) is -2.41. The number of aliphatic carboxylic acids is 1. The van der Waals surface area contributed by atoms with Crippen LogP contribution in [-0.2, 0) is 22.2 Å². The number of halogens is 3. The summed E-state index contributed by atoms with van der Waals surface area (Å²) in [6.07, 6.45) is -3.45. The average molecular weight is 486 g/mol. The van der Waals surface area contributed by atoms with Crippen molar-refractivity contribution < 1.29 is 32.6 Å². The van der Waals surface area contributed by atoms with Crippen LogP contribution >= 0.6 is 0 Å². The van der Waals surface area contributed by atoms with Crippen molar-refractivity contribution >= 4 is 11.8 Å². The molecule has 0 radical (unpaired) electrons. The highest BCUT2D eigenvalue weighted by Gasteiger charge is 2.82. The SMILES string of the molecule is CCC1(C(=O)O)C2CC(Cc3cccc(Oc4cccc(C(F)(F)F)c4)c3)C(C#N)(C(=O)CN)C21. The largest absolute Gasteiger partial charge is 0.481 e. The molecule has 3 N–H and O–H groups in total. The maximum Gasteiger partial charge on any atom is 0.416 e. The normalized spacial score (nSPS) is 29.2. The summed E-state index contributed by atoms with van der Waals surface area (Å²) in [4.78, 5) is 25.1. The number of carboxylic acid groups (broad SMARTS) is 1. The molecule has 184 valence electrons. The molecule has 5 unspecified atom stereocenters. The Kier molecular flexibility index (Phi) is 6.14. The molecular formula is C26H25F3N2O4. The number of alkyl halides is 3. The van der Waals surface area contributed by atoms with Gasteiger partial charge in [-0.25, -0.2) is 0 Å². The van der Waals surface area contributed by atoms with E-state index in [0.29, 0.717) is 25.0 Å². The summed E-state index contributed by atoms with van der Waals surface area (Å²) in [6.45, 7) is 1.40. The number of fused-ring (bicyclic) bond motifs is 1. The van der Waals surface area contributed by atoms with Gasteiger partial charge in [-0.3, -0.25) is 9.59 Å². The first kappa shape index (κ1) is 24.7. The van der Waals surface area contributed by atoms with Gasteiger partial charge in [0.05, 0.1) is 23.6 Å². The Morgan fingerprint density at radius 1 is 1.20 bits per heavy atom. The molecular weight excluding hydrogens is 461 g/mol. The number of ether oxygens (including phenoxy) is 1. The lowest BCUT2D eigenvalue weighted by molar-refractivity contribution is -0.147. The number of carbonyl (C=O) groups is 2. The number of carbonyl (C=O) groups excluding carboxylic acids is 1. The quantitative estimate of drug-likeness (QED) is 0.553. The number of ketones is 1. The molecule has 0 heterocycles. The Balaban J connectivity index is 1.59. The van der Waals surface area contributed by atoms with Gasteiger partial charge in [0, 0.05) is 5.92 Å². The van der Waals surface area contributed by atoms with Gasteiger partial charge in [0.25, 0.3) is 0 Å². The van der Waals surface area contributed by atoms with Gasteiger partial charge < -0.3 is 15.6 Å². The zero-order valence-corrected chi connectivity index (χ0v) is 19.0. The van der Waals surface area contributed by atoms with Gasteiger partial charge in [-0.2, -0.15) is 18.4 Å². The number of nitriles is 1. The van der Waals surface area contributed by atoms with Crippen LogP contribution in [0.15, 0.2) is 48.5 Å². The molecule has 0 aromatic heterocycles. The molecule has 0 aliphatic heterocycles. The maximum atomic E-state index is 13.0. The third-order valence-electron chi connectivity index (χ3n) is 7.78. The lowest BCUT2D eigenvalue weighted by Crippen LogP contribution is -2.45. The van der Waals surface area contributed by atoms with Crippen LogP contribution in [0.25, 0.3) is 0 Å². The number of hydrogen-bond acceptors (Lipinski definition) is 5. The van der Waals surface area contributed by atoms with Gasteiger partial charge in [-0.1, -0.05) is 25.1 Å². The molecule has 4 rings (SSSR count). The zero-order valence-electron chi connectivity index (χ0n) is 19.0. The molecule has 2 saturated carbocycles. The van der Waals surface area contributed by atoms with E-state index < -0.39 is 46.2 Å². The van der Waals surface area contributed by atoms with Crippen molar-refractivity contribution in [1.29, 1.82) is 5.26 Å². The van der Waals surface area contributed by atoms with Crippen molar-refractivity contribution in [3.05, 3.63) is 59.7 Å². The number of nitrogens with zero attached hydrogens (tertiary/aromatic N) is 1. The number of carboxylic acids is 1. The second-order valence-corrected chi connectivity index (χ2v) is 9.30. The lowest BCUT2D eigenvalue weighted by atomic mass is 9.65. The highest BCUT2D eigenvalue weighted by atomic mass is 19.4. The van der Waals surface area contributed by atoms with E-state index >= 15 is 0 Å². The standard InChI is InChI=1S/C26H25F3N2O4/c1-2-24(23(33)34)20-12-17(25(14-31,22(20)24)21(32)13-30)9-15-5-3-7-18(10-15)35-19-8-4-6-16(11-19)26(27,28)29/h3-8,10-11,17,20,22H,2,9,12-13,30H2,1H3,(H,33,34). The monoisotopic (exact) mass is 486 g/mol. The molecule has 5 atom stereocenters. The Bertz CT molecular complexity index is 1210. The molecule has 0 spiro atoms. The first-order valence-corrected chi connectivity index (χ1v) is 11.4. The molecule has 35 heavy (non-hydrogen) atoms. The van der Waals surface area contributed by atoms with E-state index in [1.807, 2.05) is 0 Å². The fourth-order valence-electron chi connectivity index (χ4n) is 6.19. The molecule has 2 aromatic carbocycles. The fourth-order valence-corrected chi connectivity index (χ4v) is 6.19. The van der Waals surface area contributed by atoms with Crippen LogP contribution in [0.5, 0.6) is 11.5 Å². The highest BCUT2D eigenvalue weighted by molar-refractivity contribution is 5.94. The smallest absolute Gasteiger partial charge is 0.416 e. The summed E-state index contributed by atoms with van der Waals surface area (Å²) in [5.41, 5.74) is 2.97. The number of Topliss-reactive ketones (excluding diaryl/α,β-unsaturated/α-hetero) is 1. The number of rotatable bonds is 8. The van der Waals surface area contributed by atoms with Gasteiger partial charge >= 0.3 is 12.1 Å². The molecule has 2 fully saturated rings. The Hall–Kier alpha value is -3.38. The van der Waals surface area contributed by atoms with Crippen LogP contribution in [0, 0.1) is 39.9 Å². The predicted octanol–water partition coefficient (Wildman–Crippen LogP) is 4.82. The van der Waals surface area contributed by atoms with E-state index in [-0.39, 0.29) is 18.2 Å². The maximum absolute atomic E-state index is 13.0. The van der Waals surface area contributed by atoms with E-state index in [4.69, 9.17) is 10.5 Å². The highest BCUT2D eigenvalue weighted by Crippen LogP contribution is 2.77. The minimum atomic E-state index is -4.50. The van der Waals surface area contributed by atoms with E-state index in [0.717, 1.165) is 17.7 Å². The fraction of sp³-hybridized carbons (Fsp3) is 0.423. The van der Waals surface area contributed by atoms with E-state index in [2.05, 4.69) is 6.07 Å². The van der Waals surface area contributed by atoms with Crippen LogP contribution in [0.4, 0.5) is 13.2 Å². The van der Waals surface area contributed by atoms with Crippen LogP contribution in [0.3, 0.4) is 0 Å². The molecule has 6 nitrogen and oxygen atoms in total. The van der Waals surface area contributed by atoms with Crippen LogP contribution in [0.2, 0.25) is 0 Å². The molecule has 2 aromatic rings. The third-order valence-corrected chi connectivity index (χ3v) is 7.78. The Morgan fingerprint density at radius 3 is 2.43 bits per heavy atom. The summed E-state index contributed by atoms with van der Waals surface area (Å²) in [5, 5.41) is 20.1. The lowest BCUT2D eigenvalue weighted by Gasteiger charge is -2.33. The summed E-state index contributed by atoms with van der Waals surface area (Å²) < 4.78 is 44.7. The number of benzene rings is 2. The van der Waals surface area contributed by atoms with Crippen LogP contribution < -0.4 is 10.5 Å². The molecule has 0 amide bonds. The van der Waals surface area contributed by atoms with Crippen molar-refractivity contribution in [2.75, 3.05) is 6.54 Å². The molecule has 9 heteroatoms. The van der Waals surface area contributed by atoms with Gasteiger partial charge in [0.2, 0.25) is 0 Å². The molecule has 0 bridgehead atoms. The zero-order chi connectivity index (χ0) is 25.6. The average Bonchev–Trinajstić information content (AvgIpc) is 3.36. The van der Waals surface area contributed by atoms with Crippen molar-refractivity contribution in [3.63, 3.8) is 0 Å². The minimum absolute atomic E-state index is 0.0259. The summed E-state index contributed by atoms with van der Waals surface area (Å²) >= 11 is 0. The summed E-state index contributed by atoms with van der Waals surface area (Å²) in [7, 11) is 0. The first-order valence-electron chi connectivity index (χ1n) is 11.4. The Morgan fingerprint density at radius 2 is 1.86 bits per heavy atom. The third kappa shape index (κ3) is 3.86. The second kappa shape index (κ2) is 8.68. The van der Waals surface area contributed by atoms with Crippen molar-refractivity contribution in [1.82, 2.24) is 0 Å². The Labute approximate surface area is 200 Å². The van der Waals surface area contributed by atoms with E-state index in [1.54, 1.807) is 31.2 Å². The molecule has 2 aliphatic rings. The van der Waals surface area contributed by atoms with Crippen LogP contribution in [0.1, 0.15) is 30.9 Å². The predicted molar refractivity (Wildman–Crippen MR) is 119 cm³/mol. The van der Waals surface area contributed by atoms with Crippen LogP contribution in [-0.4, -0.2) is 23.4 Å². The number of nitrogens with two attached hydrogens (primary N) is 1. The first-order chi connectivity index (χ1) is 16.5. The van der Waals surface area contributed by atoms with Gasteiger partial charge in [-0.15, -0.1) is 0 Å². The summed E-state index contributed by atoms with van der Waals surface area (Å²) in [6, 6.07) is 13.4. The van der Waals surface area contributed by atoms with Gasteiger partial charge in [0.15, 0.2) is 5.78 Å². The van der Waals surface area contributed by atoms with Gasteiger partial charge in [0.1, 0.15) is 16.9 Å². The van der Waals surface area contributed by atoms with E-state index in [1.165, 1.54) is 12.1 Å². The topological polar surface area (TPSA) is 113 Å². The van der Waals surface area contributed by atoms with Crippen molar-refractivity contribution in [3.8, 4) is 17.6 Å². The van der Waals surface area contributed by atoms with E-state index in [9.17, 15) is 33.1 Å². The molecule has 2 aliphatic carbocycles.